The van der Waals surface area contributed by atoms with Gasteiger partial charge >= 0.3 is 0 Å². The Morgan fingerprint density at radius 1 is 1.17 bits per heavy atom. The second-order valence-corrected chi connectivity index (χ2v) is 5.34. The predicted octanol–water partition coefficient (Wildman–Crippen LogP) is 4.10. The Kier molecular flexibility index (Phi) is 5.13. The van der Waals surface area contributed by atoms with E-state index < -0.39 is 0 Å². The minimum atomic E-state index is 1.00. The zero-order valence-electron chi connectivity index (χ0n) is 8.51. The smallest absolute Gasteiger partial charge is 0.00752 e. The molecule has 12 heavy (non-hydrogen) atoms. The lowest BCUT2D eigenvalue weighted by atomic mass is 9.86. The molecule has 1 aliphatic rings. The third kappa shape index (κ3) is 3.01. The summed E-state index contributed by atoms with van der Waals surface area (Å²) >= 11 is 2.20. The van der Waals surface area contributed by atoms with Gasteiger partial charge in [-0.3, -0.25) is 0 Å². The highest BCUT2D eigenvalue weighted by molar-refractivity contribution is 7.99. The predicted molar refractivity (Wildman–Crippen MR) is 58.8 cm³/mol. The molecule has 1 fully saturated rings. The fourth-order valence-electron chi connectivity index (χ4n) is 2.31. The van der Waals surface area contributed by atoms with Gasteiger partial charge in [-0.15, -0.1) is 0 Å². The minimum Gasteiger partial charge on any atom is -0.159 e. The van der Waals surface area contributed by atoms with Crippen molar-refractivity contribution in [2.75, 3.05) is 5.75 Å². The first-order valence-electron chi connectivity index (χ1n) is 5.50. The molecule has 0 bridgehead atoms. The van der Waals surface area contributed by atoms with Gasteiger partial charge in [0.2, 0.25) is 0 Å². The molecule has 0 aromatic rings. The summed E-state index contributed by atoms with van der Waals surface area (Å²) in [5, 5.41) is 1.00. The number of hydrogen-bond acceptors (Lipinski definition) is 1. The van der Waals surface area contributed by atoms with Crippen molar-refractivity contribution in [1.82, 2.24) is 0 Å². The van der Waals surface area contributed by atoms with Crippen LogP contribution in [0.4, 0.5) is 0 Å². The summed E-state index contributed by atoms with van der Waals surface area (Å²) in [5.74, 6) is 2.36. The third-order valence-corrected chi connectivity index (χ3v) is 4.26. The monoisotopic (exact) mass is 186 g/mol. The summed E-state index contributed by atoms with van der Waals surface area (Å²) in [6, 6.07) is 0. The topological polar surface area (TPSA) is 0 Å². The molecule has 0 aromatic carbocycles. The van der Waals surface area contributed by atoms with E-state index in [-0.39, 0.29) is 0 Å². The van der Waals surface area contributed by atoms with Gasteiger partial charge < -0.3 is 0 Å². The zero-order valence-corrected chi connectivity index (χ0v) is 9.33. The van der Waals surface area contributed by atoms with E-state index in [1.54, 1.807) is 0 Å². The van der Waals surface area contributed by atoms with Gasteiger partial charge in [-0.25, -0.2) is 0 Å². The Hall–Kier alpha value is 0.350. The van der Waals surface area contributed by atoms with Crippen LogP contribution in [0.25, 0.3) is 0 Å². The van der Waals surface area contributed by atoms with Gasteiger partial charge in [0.1, 0.15) is 0 Å². The van der Waals surface area contributed by atoms with Gasteiger partial charge in [-0.1, -0.05) is 33.1 Å². The lowest BCUT2D eigenvalue weighted by Crippen LogP contribution is -2.21. The van der Waals surface area contributed by atoms with E-state index in [4.69, 9.17) is 0 Å². The maximum atomic E-state index is 2.32. The van der Waals surface area contributed by atoms with Crippen LogP contribution in [-0.4, -0.2) is 11.0 Å². The Morgan fingerprint density at radius 3 is 2.58 bits per heavy atom. The maximum Gasteiger partial charge on any atom is 0.00752 e. The average molecular weight is 186 g/mol. The normalized spacial score (nSPS) is 30.5. The summed E-state index contributed by atoms with van der Waals surface area (Å²) in [5.41, 5.74) is 0. The van der Waals surface area contributed by atoms with E-state index in [1.165, 1.54) is 44.3 Å². The van der Waals surface area contributed by atoms with Crippen LogP contribution in [0.3, 0.4) is 0 Å². The molecular weight excluding hydrogens is 164 g/mol. The van der Waals surface area contributed by atoms with Gasteiger partial charge in [0, 0.05) is 5.25 Å². The van der Waals surface area contributed by atoms with Gasteiger partial charge in [0.25, 0.3) is 0 Å². The van der Waals surface area contributed by atoms with Crippen LogP contribution in [0.15, 0.2) is 0 Å². The lowest BCUT2D eigenvalue weighted by molar-refractivity contribution is 0.348. The summed E-state index contributed by atoms with van der Waals surface area (Å²) in [4.78, 5) is 0. The fraction of sp³-hybridized carbons (Fsp3) is 1.00. The number of hydrogen-bond donors (Lipinski definition) is 0. The van der Waals surface area contributed by atoms with Crippen molar-refractivity contribution >= 4 is 11.8 Å². The molecule has 1 aliphatic carbocycles. The van der Waals surface area contributed by atoms with Crippen molar-refractivity contribution in [2.24, 2.45) is 5.92 Å². The highest BCUT2D eigenvalue weighted by Crippen LogP contribution is 2.35. The quantitative estimate of drug-likeness (QED) is 0.637. The molecule has 1 rings (SSSR count). The summed E-state index contributed by atoms with van der Waals surface area (Å²) in [6.07, 6.45) is 8.82. The molecule has 0 aromatic heterocycles. The summed E-state index contributed by atoms with van der Waals surface area (Å²) in [6.45, 7) is 4.62. The molecule has 0 amide bonds. The lowest BCUT2D eigenvalue weighted by Gasteiger charge is -2.30. The van der Waals surface area contributed by atoms with E-state index in [0.717, 1.165) is 11.2 Å². The highest BCUT2D eigenvalue weighted by Gasteiger charge is 2.23. The molecule has 0 heterocycles. The number of thioether (sulfide) groups is 1. The first-order valence-corrected chi connectivity index (χ1v) is 6.55. The van der Waals surface area contributed by atoms with E-state index in [1.807, 2.05) is 0 Å². The second-order valence-electron chi connectivity index (χ2n) is 3.83. The number of rotatable bonds is 4. The zero-order chi connectivity index (χ0) is 8.81. The first-order chi connectivity index (χ1) is 5.88. The Bertz CT molecular complexity index is 93.6. The molecule has 0 unspecified atom stereocenters. The molecular formula is C11H22S. The minimum absolute atomic E-state index is 1.00. The van der Waals surface area contributed by atoms with Crippen LogP contribution >= 0.6 is 11.8 Å². The van der Waals surface area contributed by atoms with Crippen LogP contribution in [0.1, 0.15) is 52.4 Å². The molecule has 0 radical (unpaired) electrons. The largest absolute Gasteiger partial charge is 0.159 e. The van der Waals surface area contributed by atoms with Gasteiger partial charge in [0.05, 0.1) is 0 Å². The third-order valence-electron chi connectivity index (χ3n) is 2.88. The fourth-order valence-corrected chi connectivity index (χ4v) is 3.61. The van der Waals surface area contributed by atoms with Crippen LogP contribution < -0.4 is 0 Å². The average Bonchev–Trinajstić information content (AvgIpc) is 2.09. The standard InChI is InChI=1S/C11H22S/c1-3-7-10-8-5-6-9-11(10)12-4-2/h10-11H,3-9H2,1-2H3/t10-,11+/m1/s1. The van der Waals surface area contributed by atoms with E-state index in [0.29, 0.717) is 0 Å². The Labute approximate surface area is 81.5 Å². The van der Waals surface area contributed by atoms with Crippen molar-refractivity contribution in [3.63, 3.8) is 0 Å². The van der Waals surface area contributed by atoms with Crippen molar-refractivity contribution in [3.05, 3.63) is 0 Å². The molecule has 2 atom stereocenters. The second kappa shape index (κ2) is 5.90. The molecule has 0 spiro atoms. The van der Waals surface area contributed by atoms with E-state index >= 15 is 0 Å². The Morgan fingerprint density at radius 2 is 1.92 bits per heavy atom. The van der Waals surface area contributed by atoms with Gasteiger partial charge in [-0.2, -0.15) is 11.8 Å². The molecule has 72 valence electrons. The molecule has 0 aliphatic heterocycles. The van der Waals surface area contributed by atoms with Crippen LogP contribution in [-0.2, 0) is 0 Å². The van der Waals surface area contributed by atoms with Gasteiger partial charge in [0.15, 0.2) is 0 Å². The van der Waals surface area contributed by atoms with Crippen molar-refractivity contribution < 1.29 is 0 Å². The molecule has 0 N–H and O–H groups in total. The van der Waals surface area contributed by atoms with E-state index in [2.05, 4.69) is 25.6 Å². The molecule has 1 heteroatoms. The Balaban J connectivity index is 2.31. The SMILES string of the molecule is CCC[C@@H]1CCCC[C@@H]1SCC. The molecule has 0 saturated heterocycles. The van der Waals surface area contributed by atoms with E-state index in [9.17, 15) is 0 Å². The van der Waals surface area contributed by atoms with Gasteiger partial charge in [-0.05, 0) is 30.9 Å². The highest BCUT2D eigenvalue weighted by atomic mass is 32.2. The van der Waals surface area contributed by atoms with Crippen molar-refractivity contribution in [1.29, 1.82) is 0 Å². The maximum absolute atomic E-state index is 2.32. The summed E-state index contributed by atoms with van der Waals surface area (Å²) < 4.78 is 0. The first kappa shape index (κ1) is 10.4. The molecule has 0 nitrogen and oxygen atoms in total. The van der Waals surface area contributed by atoms with Crippen molar-refractivity contribution in [2.45, 2.75) is 57.6 Å². The van der Waals surface area contributed by atoms with Crippen LogP contribution in [0.5, 0.6) is 0 Å². The van der Waals surface area contributed by atoms with Crippen LogP contribution in [0.2, 0.25) is 0 Å². The molecule has 1 saturated carbocycles. The van der Waals surface area contributed by atoms with Crippen LogP contribution in [0, 0.1) is 5.92 Å². The summed E-state index contributed by atoms with van der Waals surface area (Å²) in [7, 11) is 0. The van der Waals surface area contributed by atoms with Crippen molar-refractivity contribution in [3.8, 4) is 0 Å².